The maximum absolute atomic E-state index is 5.50. The molecule has 0 saturated carbocycles. The van der Waals surface area contributed by atoms with Crippen LogP contribution in [-0.2, 0) is 6.54 Å². The van der Waals surface area contributed by atoms with Crippen LogP contribution in [0.4, 0.5) is 0 Å². The average Bonchev–Trinajstić information content (AvgIpc) is 2.62. The van der Waals surface area contributed by atoms with Crippen LogP contribution >= 0.6 is 24.8 Å². The van der Waals surface area contributed by atoms with Crippen molar-refractivity contribution in [2.75, 3.05) is 32.8 Å². The number of halogens is 2. The Bertz CT molecular complexity index is 419. The second kappa shape index (κ2) is 19.0. The quantitative estimate of drug-likeness (QED) is 0.309. The van der Waals surface area contributed by atoms with Gasteiger partial charge in [0, 0.05) is 6.54 Å². The SMILES string of the molecule is C=CCOc1ccc(CNCCCN(CCCC)CCCC)cc1.Cl.Cl. The first-order valence-electron chi connectivity index (χ1n) is 9.55. The summed E-state index contributed by atoms with van der Waals surface area (Å²) in [6.07, 6.45) is 8.18. The highest BCUT2D eigenvalue weighted by Gasteiger charge is 2.03. The summed E-state index contributed by atoms with van der Waals surface area (Å²) in [7, 11) is 0. The Morgan fingerprint density at radius 2 is 1.54 bits per heavy atom. The standard InChI is InChI=1S/C21H36N2O.2ClH/c1-4-7-15-23(16-8-5-2)17-9-14-22-19-20-10-12-21(13-11-20)24-18-6-3;;/h6,10-13,22H,3-5,7-9,14-19H2,1-2H3;2*1H. The maximum Gasteiger partial charge on any atom is 0.119 e. The van der Waals surface area contributed by atoms with Crippen molar-refractivity contribution >= 4 is 24.8 Å². The van der Waals surface area contributed by atoms with E-state index in [1.54, 1.807) is 6.08 Å². The molecule has 1 rings (SSSR count). The minimum absolute atomic E-state index is 0. The van der Waals surface area contributed by atoms with Gasteiger partial charge in [-0.15, -0.1) is 24.8 Å². The van der Waals surface area contributed by atoms with Gasteiger partial charge in [-0.05, 0) is 63.1 Å². The molecule has 0 heterocycles. The van der Waals surface area contributed by atoms with Gasteiger partial charge >= 0.3 is 0 Å². The van der Waals surface area contributed by atoms with Crippen LogP contribution in [0.5, 0.6) is 5.75 Å². The lowest BCUT2D eigenvalue weighted by Gasteiger charge is -2.22. The zero-order chi connectivity index (χ0) is 17.5. The lowest BCUT2D eigenvalue weighted by atomic mass is 10.2. The molecule has 0 spiro atoms. The van der Waals surface area contributed by atoms with E-state index in [4.69, 9.17) is 4.74 Å². The van der Waals surface area contributed by atoms with E-state index in [-0.39, 0.29) is 24.8 Å². The molecule has 152 valence electrons. The molecule has 0 aromatic heterocycles. The second-order valence-electron chi connectivity index (χ2n) is 6.32. The second-order valence-corrected chi connectivity index (χ2v) is 6.32. The van der Waals surface area contributed by atoms with E-state index in [0.717, 1.165) is 18.8 Å². The van der Waals surface area contributed by atoms with E-state index in [2.05, 4.69) is 42.8 Å². The molecule has 0 aliphatic heterocycles. The normalized spacial score (nSPS) is 10.1. The average molecular weight is 405 g/mol. The Morgan fingerprint density at radius 3 is 2.08 bits per heavy atom. The molecule has 3 nitrogen and oxygen atoms in total. The smallest absolute Gasteiger partial charge is 0.119 e. The molecule has 0 aliphatic rings. The molecule has 0 amide bonds. The molecule has 0 fully saturated rings. The van der Waals surface area contributed by atoms with Crippen molar-refractivity contribution in [2.45, 2.75) is 52.5 Å². The molecule has 1 aromatic carbocycles. The van der Waals surface area contributed by atoms with Gasteiger partial charge in [0.25, 0.3) is 0 Å². The van der Waals surface area contributed by atoms with Crippen molar-refractivity contribution in [3.8, 4) is 5.75 Å². The van der Waals surface area contributed by atoms with Gasteiger partial charge in [-0.25, -0.2) is 0 Å². The summed E-state index contributed by atoms with van der Waals surface area (Å²) in [6, 6.07) is 8.30. The highest BCUT2D eigenvalue weighted by Crippen LogP contribution is 2.12. The molecule has 0 saturated heterocycles. The van der Waals surface area contributed by atoms with E-state index in [1.807, 2.05) is 12.1 Å². The van der Waals surface area contributed by atoms with Crippen LogP contribution in [0.1, 0.15) is 51.5 Å². The first kappa shape index (κ1) is 27.5. The molecular formula is C21H38Cl2N2O. The lowest BCUT2D eigenvalue weighted by molar-refractivity contribution is 0.261. The van der Waals surface area contributed by atoms with E-state index in [0.29, 0.717) is 6.61 Å². The Labute approximate surface area is 173 Å². The third-order valence-electron chi connectivity index (χ3n) is 4.10. The van der Waals surface area contributed by atoms with Gasteiger partial charge in [-0.1, -0.05) is 51.5 Å². The predicted octanol–water partition coefficient (Wildman–Crippen LogP) is 5.48. The number of ether oxygens (including phenoxy) is 1. The van der Waals surface area contributed by atoms with Gasteiger partial charge < -0.3 is 15.0 Å². The third kappa shape index (κ3) is 13.5. The van der Waals surface area contributed by atoms with Gasteiger partial charge in [-0.3, -0.25) is 0 Å². The van der Waals surface area contributed by atoms with E-state index >= 15 is 0 Å². The fourth-order valence-corrected chi connectivity index (χ4v) is 2.62. The number of unbranched alkanes of at least 4 members (excludes halogenated alkanes) is 2. The molecule has 0 aliphatic carbocycles. The summed E-state index contributed by atoms with van der Waals surface area (Å²) in [5.41, 5.74) is 1.30. The topological polar surface area (TPSA) is 24.5 Å². The third-order valence-corrected chi connectivity index (χ3v) is 4.10. The molecule has 1 aromatic rings. The summed E-state index contributed by atoms with van der Waals surface area (Å²) < 4.78 is 5.50. The molecule has 0 atom stereocenters. The zero-order valence-electron chi connectivity index (χ0n) is 16.5. The molecule has 1 N–H and O–H groups in total. The molecule has 0 unspecified atom stereocenters. The number of hydrogen-bond donors (Lipinski definition) is 1. The van der Waals surface area contributed by atoms with Crippen molar-refractivity contribution in [2.24, 2.45) is 0 Å². The zero-order valence-corrected chi connectivity index (χ0v) is 18.2. The fraction of sp³-hybridized carbons (Fsp3) is 0.619. The maximum atomic E-state index is 5.50. The van der Waals surface area contributed by atoms with Crippen molar-refractivity contribution in [3.63, 3.8) is 0 Å². The van der Waals surface area contributed by atoms with Gasteiger partial charge in [-0.2, -0.15) is 0 Å². The summed E-state index contributed by atoms with van der Waals surface area (Å²) in [5.74, 6) is 0.904. The summed E-state index contributed by atoms with van der Waals surface area (Å²) in [4.78, 5) is 2.63. The van der Waals surface area contributed by atoms with Gasteiger partial charge in [0.05, 0.1) is 0 Å². The van der Waals surface area contributed by atoms with Crippen molar-refractivity contribution < 1.29 is 4.74 Å². The Kier molecular flexibility index (Phi) is 20.1. The molecule has 0 bridgehead atoms. The minimum Gasteiger partial charge on any atom is -0.490 e. The van der Waals surface area contributed by atoms with Gasteiger partial charge in [0.15, 0.2) is 0 Å². The van der Waals surface area contributed by atoms with Crippen LogP contribution in [0.2, 0.25) is 0 Å². The van der Waals surface area contributed by atoms with Gasteiger partial charge in [0.1, 0.15) is 12.4 Å². The Balaban J connectivity index is 0. The summed E-state index contributed by atoms with van der Waals surface area (Å²) >= 11 is 0. The van der Waals surface area contributed by atoms with Crippen molar-refractivity contribution in [1.29, 1.82) is 0 Å². The first-order chi connectivity index (χ1) is 11.8. The molecule has 5 heteroatoms. The highest BCUT2D eigenvalue weighted by molar-refractivity contribution is 5.85. The van der Waals surface area contributed by atoms with Crippen LogP contribution in [0.3, 0.4) is 0 Å². The number of benzene rings is 1. The van der Waals surface area contributed by atoms with Crippen LogP contribution in [-0.4, -0.2) is 37.7 Å². The number of hydrogen-bond acceptors (Lipinski definition) is 3. The lowest BCUT2D eigenvalue weighted by Crippen LogP contribution is -2.29. The Morgan fingerprint density at radius 1 is 0.962 bits per heavy atom. The predicted molar refractivity (Wildman–Crippen MR) is 119 cm³/mol. The highest BCUT2D eigenvalue weighted by atomic mass is 35.5. The monoisotopic (exact) mass is 404 g/mol. The number of nitrogens with zero attached hydrogens (tertiary/aromatic N) is 1. The molecular weight excluding hydrogens is 367 g/mol. The van der Waals surface area contributed by atoms with Crippen molar-refractivity contribution in [1.82, 2.24) is 10.2 Å². The largest absolute Gasteiger partial charge is 0.490 e. The van der Waals surface area contributed by atoms with E-state index in [9.17, 15) is 0 Å². The summed E-state index contributed by atoms with van der Waals surface area (Å²) in [5, 5.41) is 3.55. The van der Waals surface area contributed by atoms with Crippen LogP contribution in [0.15, 0.2) is 36.9 Å². The van der Waals surface area contributed by atoms with Crippen molar-refractivity contribution in [3.05, 3.63) is 42.5 Å². The molecule has 26 heavy (non-hydrogen) atoms. The van der Waals surface area contributed by atoms with E-state index < -0.39 is 0 Å². The van der Waals surface area contributed by atoms with Crippen LogP contribution in [0.25, 0.3) is 0 Å². The van der Waals surface area contributed by atoms with Crippen LogP contribution < -0.4 is 10.1 Å². The number of rotatable bonds is 15. The van der Waals surface area contributed by atoms with Gasteiger partial charge in [0.2, 0.25) is 0 Å². The summed E-state index contributed by atoms with van der Waals surface area (Å²) in [6.45, 7) is 14.5. The molecule has 0 radical (unpaired) electrons. The first-order valence-corrected chi connectivity index (χ1v) is 9.55. The Hall–Kier alpha value is -0.740. The minimum atomic E-state index is 0. The van der Waals surface area contributed by atoms with E-state index in [1.165, 1.54) is 57.3 Å². The van der Waals surface area contributed by atoms with Crippen LogP contribution in [0, 0.1) is 0 Å². The number of nitrogens with one attached hydrogen (secondary N) is 1. The fourth-order valence-electron chi connectivity index (χ4n) is 2.62.